The minimum Gasteiger partial charge on any atom is -0.493 e. The van der Waals surface area contributed by atoms with Gasteiger partial charge < -0.3 is 14.7 Å². The van der Waals surface area contributed by atoms with Crippen molar-refractivity contribution in [3.05, 3.63) is 29.3 Å². The van der Waals surface area contributed by atoms with Crippen molar-refractivity contribution in [3.63, 3.8) is 0 Å². The lowest BCUT2D eigenvalue weighted by molar-refractivity contribution is -0.145. The van der Waals surface area contributed by atoms with Crippen molar-refractivity contribution in [1.82, 2.24) is 4.90 Å². The third-order valence-corrected chi connectivity index (χ3v) is 4.03. The Labute approximate surface area is 130 Å². The van der Waals surface area contributed by atoms with E-state index < -0.39 is 11.9 Å². The van der Waals surface area contributed by atoms with Gasteiger partial charge in [-0.15, -0.1) is 0 Å². The molecule has 1 aliphatic rings. The van der Waals surface area contributed by atoms with Gasteiger partial charge in [0.25, 0.3) is 0 Å². The van der Waals surface area contributed by atoms with Gasteiger partial charge in [-0.1, -0.05) is 17.7 Å². The van der Waals surface area contributed by atoms with Gasteiger partial charge in [-0.2, -0.15) is 0 Å². The highest BCUT2D eigenvalue weighted by atomic mass is 16.5. The molecular formula is C17H23NO4. The minimum atomic E-state index is -0.816. The highest BCUT2D eigenvalue weighted by molar-refractivity contribution is 5.78. The average Bonchev–Trinajstić information content (AvgIpc) is 2.49. The monoisotopic (exact) mass is 305 g/mol. The van der Waals surface area contributed by atoms with Crippen LogP contribution in [0.4, 0.5) is 0 Å². The second kappa shape index (κ2) is 7.29. The summed E-state index contributed by atoms with van der Waals surface area (Å²) in [6.07, 6.45) is 1.68. The van der Waals surface area contributed by atoms with Crippen LogP contribution in [-0.2, 0) is 9.59 Å². The van der Waals surface area contributed by atoms with Gasteiger partial charge >= 0.3 is 5.97 Å². The Balaban J connectivity index is 1.81. The number of benzene rings is 1. The molecule has 120 valence electrons. The van der Waals surface area contributed by atoms with Crippen LogP contribution in [0.1, 0.15) is 30.4 Å². The van der Waals surface area contributed by atoms with Crippen molar-refractivity contribution < 1.29 is 19.4 Å². The van der Waals surface area contributed by atoms with Crippen LogP contribution in [-0.4, -0.2) is 41.6 Å². The summed E-state index contributed by atoms with van der Waals surface area (Å²) in [4.78, 5) is 24.8. The van der Waals surface area contributed by atoms with E-state index >= 15 is 0 Å². The van der Waals surface area contributed by atoms with Crippen molar-refractivity contribution in [1.29, 1.82) is 0 Å². The first-order valence-electron chi connectivity index (χ1n) is 7.68. The fourth-order valence-corrected chi connectivity index (χ4v) is 2.77. The predicted octanol–water partition coefficient (Wildman–Crippen LogP) is 2.40. The summed E-state index contributed by atoms with van der Waals surface area (Å²) in [7, 11) is 0. The molecule has 0 radical (unpaired) electrons. The highest BCUT2D eigenvalue weighted by Crippen LogP contribution is 2.20. The Morgan fingerprint density at radius 2 is 2.14 bits per heavy atom. The van der Waals surface area contributed by atoms with E-state index in [0.717, 1.165) is 17.7 Å². The number of amides is 1. The predicted molar refractivity (Wildman–Crippen MR) is 83.0 cm³/mol. The topological polar surface area (TPSA) is 66.8 Å². The zero-order chi connectivity index (χ0) is 16.1. The molecule has 1 heterocycles. The number of rotatable bonds is 5. The molecule has 5 heteroatoms. The maximum Gasteiger partial charge on any atom is 0.308 e. The molecule has 0 aromatic heterocycles. The largest absolute Gasteiger partial charge is 0.493 e. The number of carboxylic acids is 1. The Hall–Kier alpha value is -2.04. The first kappa shape index (κ1) is 16.3. The molecule has 1 unspecified atom stereocenters. The molecule has 1 atom stereocenters. The number of aliphatic carboxylic acids is 1. The van der Waals surface area contributed by atoms with Gasteiger partial charge in [0.15, 0.2) is 0 Å². The van der Waals surface area contributed by atoms with Crippen molar-refractivity contribution in [2.45, 2.75) is 33.1 Å². The molecular weight excluding hydrogens is 282 g/mol. The molecule has 2 rings (SSSR count). The van der Waals surface area contributed by atoms with Gasteiger partial charge in [-0.05, 0) is 38.3 Å². The second-order valence-corrected chi connectivity index (χ2v) is 5.88. The zero-order valence-electron chi connectivity index (χ0n) is 13.2. The molecule has 22 heavy (non-hydrogen) atoms. The lowest BCUT2D eigenvalue weighted by Crippen LogP contribution is -2.42. The molecule has 1 aromatic rings. The molecule has 5 nitrogen and oxygen atoms in total. The maximum absolute atomic E-state index is 12.1. The number of carboxylic acid groups (broad SMARTS) is 1. The van der Waals surface area contributed by atoms with Crippen LogP contribution in [0.15, 0.2) is 18.2 Å². The number of hydrogen-bond donors (Lipinski definition) is 1. The minimum absolute atomic E-state index is 0.0317. The highest BCUT2D eigenvalue weighted by Gasteiger charge is 2.27. The standard InChI is InChI=1S/C17H23NO4/c1-12-5-6-15(13(2)10-12)22-9-7-16(19)18-8-3-4-14(11-18)17(20)21/h5-6,10,14H,3-4,7-9,11H2,1-2H3,(H,20,21). The Morgan fingerprint density at radius 1 is 1.36 bits per heavy atom. The third-order valence-electron chi connectivity index (χ3n) is 4.03. The van der Waals surface area contributed by atoms with E-state index in [9.17, 15) is 9.59 Å². The van der Waals surface area contributed by atoms with E-state index in [1.54, 1.807) is 4.90 Å². The maximum atomic E-state index is 12.1. The molecule has 1 aliphatic heterocycles. The van der Waals surface area contributed by atoms with Crippen LogP contribution in [0.2, 0.25) is 0 Å². The van der Waals surface area contributed by atoms with E-state index in [0.29, 0.717) is 26.1 Å². The van der Waals surface area contributed by atoms with Gasteiger partial charge in [0.2, 0.25) is 5.91 Å². The Bertz CT molecular complexity index is 556. The number of nitrogens with zero attached hydrogens (tertiary/aromatic N) is 1. The van der Waals surface area contributed by atoms with Gasteiger partial charge in [0, 0.05) is 13.1 Å². The summed E-state index contributed by atoms with van der Waals surface area (Å²) in [5, 5.41) is 9.05. The number of hydrogen-bond acceptors (Lipinski definition) is 3. The molecule has 0 spiro atoms. The van der Waals surface area contributed by atoms with E-state index in [4.69, 9.17) is 9.84 Å². The summed E-state index contributed by atoms with van der Waals surface area (Å²) in [5.41, 5.74) is 2.23. The molecule has 1 fully saturated rings. The number of aryl methyl sites for hydroxylation is 2. The zero-order valence-corrected chi connectivity index (χ0v) is 13.2. The molecule has 0 saturated carbocycles. The van der Waals surface area contributed by atoms with Crippen LogP contribution in [0, 0.1) is 19.8 Å². The lowest BCUT2D eigenvalue weighted by atomic mass is 9.98. The van der Waals surface area contributed by atoms with Gasteiger partial charge in [0.1, 0.15) is 5.75 Å². The first-order valence-corrected chi connectivity index (χ1v) is 7.68. The fourth-order valence-electron chi connectivity index (χ4n) is 2.77. The summed E-state index contributed by atoms with van der Waals surface area (Å²) in [6.45, 7) is 5.28. The third kappa shape index (κ3) is 4.23. The molecule has 0 aliphatic carbocycles. The SMILES string of the molecule is Cc1ccc(OCCC(=O)N2CCCC(C(=O)O)C2)c(C)c1. The number of carbonyl (C=O) groups is 2. The quantitative estimate of drug-likeness (QED) is 0.907. The second-order valence-electron chi connectivity index (χ2n) is 5.88. The normalized spacial score (nSPS) is 18.1. The van der Waals surface area contributed by atoms with Crippen LogP contribution in [0.5, 0.6) is 5.75 Å². The Kier molecular flexibility index (Phi) is 5.41. The average molecular weight is 305 g/mol. The molecule has 1 amide bonds. The van der Waals surface area contributed by atoms with Crippen LogP contribution >= 0.6 is 0 Å². The number of piperidine rings is 1. The number of carbonyl (C=O) groups excluding carboxylic acids is 1. The van der Waals surface area contributed by atoms with Crippen LogP contribution < -0.4 is 4.74 Å². The van der Waals surface area contributed by atoms with Crippen molar-refractivity contribution in [3.8, 4) is 5.75 Å². The molecule has 0 bridgehead atoms. The van der Waals surface area contributed by atoms with E-state index in [1.807, 2.05) is 32.0 Å². The van der Waals surface area contributed by atoms with E-state index in [1.165, 1.54) is 5.56 Å². The first-order chi connectivity index (χ1) is 10.5. The summed E-state index contributed by atoms with van der Waals surface area (Å²) in [6, 6.07) is 5.93. The fraction of sp³-hybridized carbons (Fsp3) is 0.529. The molecule has 1 aromatic carbocycles. The van der Waals surface area contributed by atoms with Gasteiger partial charge in [0.05, 0.1) is 18.9 Å². The summed E-state index contributed by atoms with van der Waals surface area (Å²) >= 11 is 0. The van der Waals surface area contributed by atoms with E-state index in [2.05, 4.69) is 0 Å². The van der Waals surface area contributed by atoms with E-state index in [-0.39, 0.29) is 12.3 Å². The van der Waals surface area contributed by atoms with Gasteiger partial charge in [-0.25, -0.2) is 0 Å². The smallest absolute Gasteiger partial charge is 0.308 e. The lowest BCUT2D eigenvalue weighted by Gasteiger charge is -2.30. The van der Waals surface area contributed by atoms with Crippen molar-refractivity contribution in [2.75, 3.05) is 19.7 Å². The van der Waals surface area contributed by atoms with Crippen molar-refractivity contribution >= 4 is 11.9 Å². The van der Waals surface area contributed by atoms with Gasteiger partial charge in [-0.3, -0.25) is 9.59 Å². The van der Waals surface area contributed by atoms with Crippen LogP contribution in [0.25, 0.3) is 0 Å². The van der Waals surface area contributed by atoms with Crippen molar-refractivity contribution in [2.24, 2.45) is 5.92 Å². The summed E-state index contributed by atoms with van der Waals surface area (Å²) in [5.74, 6) is -0.488. The summed E-state index contributed by atoms with van der Waals surface area (Å²) < 4.78 is 5.66. The molecule has 1 N–H and O–H groups in total. The molecule has 1 saturated heterocycles. The van der Waals surface area contributed by atoms with Crippen LogP contribution in [0.3, 0.4) is 0 Å². The number of likely N-dealkylation sites (tertiary alicyclic amines) is 1. The Morgan fingerprint density at radius 3 is 2.82 bits per heavy atom. The number of ether oxygens (including phenoxy) is 1.